The molecule has 2 saturated heterocycles. The Hall–Kier alpha value is -1.89. The summed E-state index contributed by atoms with van der Waals surface area (Å²) < 4.78 is 5.39. The van der Waals surface area contributed by atoms with Crippen LogP contribution >= 0.6 is 0 Å². The third-order valence-electron chi connectivity index (χ3n) is 4.65. The third-order valence-corrected chi connectivity index (χ3v) is 4.65. The van der Waals surface area contributed by atoms with Crippen LogP contribution in [0.3, 0.4) is 0 Å². The van der Waals surface area contributed by atoms with E-state index in [0.717, 1.165) is 12.1 Å². The maximum atomic E-state index is 12.5. The number of ether oxygens (including phenoxy) is 1. The standard InChI is InChI=1S/C14H19N3O4/c1-2-10-5-11(16-15-10)12(18)17-6-9-7-21-4-3-14(9,8-17)13(19)20/h5,9H,2-4,6-8H2,1H3,(H,15,16)(H,19,20)/t9-,14+/m0/s1. The van der Waals surface area contributed by atoms with Crippen LogP contribution in [0.25, 0.3) is 0 Å². The molecule has 114 valence electrons. The first-order valence-corrected chi connectivity index (χ1v) is 7.21. The second kappa shape index (κ2) is 5.14. The number of aryl methyl sites for hydroxylation is 1. The van der Waals surface area contributed by atoms with Crippen molar-refractivity contribution in [3.8, 4) is 0 Å². The number of hydrogen-bond donors (Lipinski definition) is 2. The number of amides is 1. The summed E-state index contributed by atoms with van der Waals surface area (Å²) in [6.07, 6.45) is 1.23. The lowest BCUT2D eigenvalue weighted by atomic mass is 9.74. The van der Waals surface area contributed by atoms with Gasteiger partial charge in [-0.3, -0.25) is 14.7 Å². The van der Waals surface area contributed by atoms with E-state index in [4.69, 9.17) is 4.74 Å². The highest BCUT2D eigenvalue weighted by atomic mass is 16.5. The van der Waals surface area contributed by atoms with Gasteiger partial charge in [0.05, 0.1) is 12.0 Å². The number of H-pyrrole nitrogens is 1. The minimum absolute atomic E-state index is 0.141. The molecule has 2 fully saturated rings. The smallest absolute Gasteiger partial charge is 0.311 e. The molecule has 0 radical (unpaired) electrons. The van der Waals surface area contributed by atoms with Gasteiger partial charge in [0.15, 0.2) is 0 Å². The Morgan fingerprint density at radius 1 is 1.62 bits per heavy atom. The second-order valence-electron chi connectivity index (χ2n) is 5.80. The Balaban J connectivity index is 1.81. The van der Waals surface area contributed by atoms with Gasteiger partial charge in [0, 0.05) is 31.3 Å². The van der Waals surface area contributed by atoms with Crippen LogP contribution in [0.15, 0.2) is 6.07 Å². The largest absolute Gasteiger partial charge is 0.481 e. The predicted octanol–water partition coefficient (Wildman–Crippen LogP) is 0.535. The molecular weight excluding hydrogens is 274 g/mol. The highest BCUT2D eigenvalue weighted by Crippen LogP contribution is 2.42. The van der Waals surface area contributed by atoms with Crippen molar-refractivity contribution in [1.29, 1.82) is 0 Å². The lowest BCUT2D eigenvalue weighted by Gasteiger charge is -2.33. The van der Waals surface area contributed by atoms with E-state index in [1.807, 2.05) is 6.92 Å². The summed E-state index contributed by atoms with van der Waals surface area (Å²) in [5.41, 5.74) is 0.385. The number of aromatic nitrogens is 2. The number of carboxylic acid groups (broad SMARTS) is 1. The van der Waals surface area contributed by atoms with Gasteiger partial charge in [-0.15, -0.1) is 0 Å². The van der Waals surface area contributed by atoms with Crippen LogP contribution in [0.1, 0.15) is 29.5 Å². The number of hydrogen-bond acceptors (Lipinski definition) is 4. The number of carbonyl (C=O) groups is 2. The number of aromatic amines is 1. The molecule has 0 bridgehead atoms. The molecule has 0 unspecified atom stereocenters. The molecule has 2 aliphatic rings. The van der Waals surface area contributed by atoms with Gasteiger partial charge in [0.25, 0.3) is 5.91 Å². The molecule has 1 amide bonds. The first-order chi connectivity index (χ1) is 10.1. The van der Waals surface area contributed by atoms with Crippen molar-refractivity contribution in [2.24, 2.45) is 11.3 Å². The van der Waals surface area contributed by atoms with E-state index in [2.05, 4.69) is 10.2 Å². The molecule has 0 saturated carbocycles. The molecule has 1 aromatic heterocycles. The van der Waals surface area contributed by atoms with Crippen LogP contribution in [-0.2, 0) is 16.0 Å². The first-order valence-electron chi connectivity index (χ1n) is 7.21. The van der Waals surface area contributed by atoms with Gasteiger partial charge in [-0.2, -0.15) is 5.10 Å². The molecule has 7 heteroatoms. The zero-order valence-corrected chi connectivity index (χ0v) is 12.0. The number of aliphatic carboxylic acids is 1. The Kier molecular flexibility index (Phi) is 3.44. The average Bonchev–Trinajstić information content (AvgIpc) is 3.11. The SMILES string of the molecule is CCc1cc(C(=O)N2C[C@H]3COCC[C@@]3(C(=O)O)C2)n[nH]1. The van der Waals surface area contributed by atoms with Gasteiger partial charge in [-0.25, -0.2) is 0 Å². The van der Waals surface area contributed by atoms with E-state index in [1.54, 1.807) is 11.0 Å². The summed E-state index contributed by atoms with van der Waals surface area (Å²) in [5.74, 6) is -1.18. The van der Waals surface area contributed by atoms with Crippen LogP contribution in [0.5, 0.6) is 0 Å². The molecule has 0 spiro atoms. The van der Waals surface area contributed by atoms with Crippen LogP contribution in [0.2, 0.25) is 0 Å². The zero-order valence-electron chi connectivity index (χ0n) is 12.0. The normalized spacial score (nSPS) is 28.4. The average molecular weight is 293 g/mol. The van der Waals surface area contributed by atoms with Crippen molar-refractivity contribution in [3.63, 3.8) is 0 Å². The summed E-state index contributed by atoms with van der Waals surface area (Å²) in [7, 11) is 0. The number of nitrogens with one attached hydrogen (secondary N) is 1. The highest BCUT2D eigenvalue weighted by molar-refractivity contribution is 5.93. The van der Waals surface area contributed by atoms with Gasteiger partial charge in [0.1, 0.15) is 5.69 Å². The summed E-state index contributed by atoms with van der Waals surface area (Å²) in [5, 5.41) is 16.4. The van der Waals surface area contributed by atoms with Gasteiger partial charge < -0.3 is 14.7 Å². The molecule has 1 aromatic rings. The number of nitrogens with zero attached hydrogens (tertiary/aromatic N) is 2. The fourth-order valence-corrected chi connectivity index (χ4v) is 3.27. The molecule has 0 aromatic carbocycles. The van der Waals surface area contributed by atoms with E-state index < -0.39 is 11.4 Å². The van der Waals surface area contributed by atoms with Crippen LogP contribution in [0.4, 0.5) is 0 Å². The van der Waals surface area contributed by atoms with E-state index >= 15 is 0 Å². The maximum absolute atomic E-state index is 12.5. The highest BCUT2D eigenvalue weighted by Gasteiger charge is 2.55. The van der Waals surface area contributed by atoms with Gasteiger partial charge in [-0.1, -0.05) is 6.92 Å². The van der Waals surface area contributed by atoms with Gasteiger partial charge in [-0.05, 0) is 18.9 Å². The van der Waals surface area contributed by atoms with Gasteiger partial charge >= 0.3 is 5.97 Å². The fraction of sp³-hybridized carbons (Fsp3) is 0.643. The number of rotatable bonds is 3. The fourth-order valence-electron chi connectivity index (χ4n) is 3.27. The molecule has 0 aliphatic carbocycles. The lowest BCUT2D eigenvalue weighted by molar-refractivity contribution is -0.157. The minimum Gasteiger partial charge on any atom is -0.481 e. The first kappa shape index (κ1) is 14.1. The quantitative estimate of drug-likeness (QED) is 0.848. The Labute approximate surface area is 122 Å². The zero-order chi connectivity index (χ0) is 15.0. The van der Waals surface area contributed by atoms with Crippen molar-refractivity contribution in [2.75, 3.05) is 26.3 Å². The van der Waals surface area contributed by atoms with Crippen molar-refractivity contribution >= 4 is 11.9 Å². The topological polar surface area (TPSA) is 95.5 Å². The van der Waals surface area contributed by atoms with Crippen molar-refractivity contribution in [3.05, 3.63) is 17.5 Å². The second-order valence-corrected chi connectivity index (χ2v) is 5.80. The van der Waals surface area contributed by atoms with E-state index in [9.17, 15) is 14.7 Å². The van der Waals surface area contributed by atoms with Crippen molar-refractivity contribution in [2.45, 2.75) is 19.8 Å². The number of carboxylic acids is 1. The minimum atomic E-state index is -0.863. The summed E-state index contributed by atoms with van der Waals surface area (Å²) in [6, 6.07) is 1.73. The Morgan fingerprint density at radius 3 is 3.05 bits per heavy atom. The maximum Gasteiger partial charge on any atom is 0.311 e. The lowest BCUT2D eigenvalue weighted by Crippen LogP contribution is -2.45. The predicted molar refractivity (Wildman–Crippen MR) is 72.9 cm³/mol. The van der Waals surface area contributed by atoms with Crippen LogP contribution in [-0.4, -0.2) is 58.4 Å². The molecule has 2 N–H and O–H groups in total. The molecule has 2 aliphatic heterocycles. The van der Waals surface area contributed by atoms with Crippen LogP contribution in [0, 0.1) is 11.3 Å². The monoisotopic (exact) mass is 293 g/mol. The summed E-state index contributed by atoms with van der Waals surface area (Å²) in [6.45, 7) is 3.47. The summed E-state index contributed by atoms with van der Waals surface area (Å²) >= 11 is 0. The molecule has 3 rings (SSSR count). The summed E-state index contributed by atoms with van der Waals surface area (Å²) in [4.78, 5) is 25.8. The third kappa shape index (κ3) is 2.21. The Morgan fingerprint density at radius 2 is 2.43 bits per heavy atom. The molecular formula is C14H19N3O4. The Bertz CT molecular complexity index is 570. The van der Waals surface area contributed by atoms with Crippen molar-refractivity contribution in [1.82, 2.24) is 15.1 Å². The van der Waals surface area contributed by atoms with Crippen molar-refractivity contribution < 1.29 is 19.4 Å². The molecule has 2 atom stereocenters. The van der Waals surface area contributed by atoms with Crippen LogP contribution < -0.4 is 0 Å². The van der Waals surface area contributed by atoms with E-state index in [0.29, 0.717) is 31.9 Å². The van der Waals surface area contributed by atoms with E-state index in [1.165, 1.54) is 0 Å². The molecule has 3 heterocycles. The van der Waals surface area contributed by atoms with Gasteiger partial charge in [0.2, 0.25) is 0 Å². The van der Waals surface area contributed by atoms with E-state index in [-0.39, 0.29) is 18.4 Å². The molecule has 7 nitrogen and oxygen atoms in total. The number of fused-ring (bicyclic) bond motifs is 1. The molecule has 21 heavy (non-hydrogen) atoms. The number of carbonyl (C=O) groups excluding carboxylic acids is 1. The number of likely N-dealkylation sites (tertiary alicyclic amines) is 1.